The van der Waals surface area contributed by atoms with Crippen molar-refractivity contribution in [3.63, 3.8) is 0 Å². The number of rotatable bonds is 7. The lowest BCUT2D eigenvalue weighted by Crippen LogP contribution is -2.29. The van der Waals surface area contributed by atoms with Crippen molar-refractivity contribution >= 4 is 5.69 Å². The standard InChI is InChI=1S/C14H22FNO2/c1-4-14(3,10-17)9-16-11-6-7-13(18-5-2)12(15)8-11/h6-8,16-17H,4-5,9-10H2,1-3H3. The van der Waals surface area contributed by atoms with E-state index < -0.39 is 0 Å². The minimum absolute atomic E-state index is 0.107. The first-order chi connectivity index (χ1) is 8.54. The number of anilines is 1. The van der Waals surface area contributed by atoms with Crippen LogP contribution in [0.15, 0.2) is 18.2 Å². The van der Waals surface area contributed by atoms with Crippen molar-refractivity contribution < 1.29 is 14.2 Å². The Balaban J connectivity index is 2.66. The normalized spacial score (nSPS) is 14.1. The molecule has 0 radical (unpaired) electrons. The molecular formula is C14H22FNO2. The third-order valence-corrected chi connectivity index (χ3v) is 3.19. The van der Waals surface area contributed by atoms with Crippen LogP contribution in [0.3, 0.4) is 0 Å². The summed E-state index contributed by atoms with van der Waals surface area (Å²) in [5.74, 6) is -0.104. The highest BCUT2D eigenvalue weighted by Gasteiger charge is 2.20. The van der Waals surface area contributed by atoms with Crippen molar-refractivity contribution in [1.29, 1.82) is 0 Å². The molecule has 0 aliphatic rings. The van der Waals surface area contributed by atoms with E-state index in [2.05, 4.69) is 5.32 Å². The van der Waals surface area contributed by atoms with Crippen LogP contribution in [0, 0.1) is 11.2 Å². The van der Waals surface area contributed by atoms with Crippen LogP contribution in [0.4, 0.5) is 10.1 Å². The highest BCUT2D eigenvalue weighted by Crippen LogP contribution is 2.24. The molecule has 0 aromatic heterocycles. The molecule has 0 bridgehead atoms. The molecule has 0 saturated heterocycles. The van der Waals surface area contributed by atoms with Crippen LogP contribution in [0.1, 0.15) is 27.2 Å². The molecule has 0 saturated carbocycles. The number of ether oxygens (including phenoxy) is 1. The van der Waals surface area contributed by atoms with Gasteiger partial charge in [0.1, 0.15) is 0 Å². The highest BCUT2D eigenvalue weighted by molar-refractivity contribution is 5.47. The van der Waals surface area contributed by atoms with E-state index in [0.717, 1.165) is 6.42 Å². The minimum atomic E-state index is -0.371. The molecule has 1 aromatic carbocycles. The van der Waals surface area contributed by atoms with E-state index in [0.29, 0.717) is 18.8 Å². The van der Waals surface area contributed by atoms with E-state index in [1.54, 1.807) is 12.1 Å². The lowest BCUT2D eigenvalue weighted by molar-refractivity contribution is 0.149. The summed E-state index contributed by atoms with van der Waals surface area (Å²) < 4.78 is 18.7. The average molecular weight is 255 g/mol. The predicted octanol–water partition coefficient (Wildman–Crippen LogP) is 3.04. The molecule has 0 spiro atoms. The molecule has 1 rings (SSSR count). The van der Waals surface area contributed by atoms with Crippen LogP contribution >= 0.6 is 0 Å². The van der Waals surface area contributed by atoms with Gasteiger partial charge in [-0.15, -0.1) is 0 Å². The maximum Gasteiger partial charge on any atom is 0.167 e. The van der Waals surface area contributed by atoms with Crippen LogP contribution in [0.25, 0.3) is 0 Å². The lowest BCUT2D eigenvalue weighted by Gasteiger charge is -2.26. The fourth-order valence-corrected chi connectivity index (χ4v) is 1.49. The van der Waals surface area contributed by atoms with E-state index in [1.807, 2.05) is 20.8 Å². The first-order valence-electron chi connectivity index (χ1n) is 6.31. The Morgan fingerprint density at radius 1 is 1.39 bits per heavy atom. The van der Waals surface area contributed by atoms with E-state index >= 15 is 0 Å². The molecule has 0 aliphatic carbocycles. The quantitative estimate of drug-likeness (QED) is 0.787. The molecule has 0 heterocycles. The molecule has 3 nitrogen and oxygen atoms in total. The summed E-state index contributed by atoms with van der Waals surface area (Å²) >= 11 is 0. The SMILES string of the molecule is CCOc1ccc(NCC(C)(CC)CO)cc1F. The zero-order valence-corrected chi connectivity index (χ0v) is 11.3. The van der Waals surface area contributed by atoms with Gasteiger partial charge >= 0.3 is 0 Å². The number of hydrogen-bond acceptors (Lipinski definition) is 3. The summed E-state index contributed by atoms with van der Waals surface area (Å²) in [6, 6.07) is 4.81. The minimum Gasteiger partial charge on any atom is -0.491 e. The molecule has 102 valence electrons. The van der Waals surface area contributed by atoms with Crippen molar-refractivity contribution in [3.8, 4) is 5.75 Å². The smallest absolute Gasteiger partial charge is 0.167 e. The van der Waals surface area contributed by atoms with Gasteiger partial charge in [-0.25, -0.2) is 4.39 Å². The van der Waals surface area contributed by atoms with Crippen molar-refractivity contribution in [3.05, 3.63) is 24.0 Å². The van der Waals surface area contributed by atoms with Gasteiger partial charge in [0.05, 0.1) is 13.2 Å². The largest absolute Gasteiger partial charge is 0.491 e. The second-order valence-corrected chi connectivity index (χ2v) is 4.75. The van der Waals surface area contributed by atoms with Gasteiger partial charge in [0.15, 0.2) is 11.6 Å². The van der Waals surface area contributed by atoms with Gasteiger partial charge < -0.3 is 15.2 Å². The van der Waals surface area contributed by atoms with Crippen LogP contribution in [-0.4, -0.2) is 24.9 Å². The Hall–Kier alpha value is -1.29. The number of nitrogens with one attached hydrogen (secondary N) is 1. The van der Waals surface area contributed by atoms with Crippen molar-refractivity contribution in [1.82, 2.24) is 0 Å². The van der Waals surface area contributed by atoms with Gasteiger partial charge in [-0.3, -0.25) is 0 Å². The van der Waals surface area contributed by atoms with Crippen LogP contribution in [0.2, 0.25) is 0 Å². The molecule has 0 amide bonds. The first kappa shape index (κ1) is 14.8. The van der Waals surface area contributed by atoms with Gasteiger partial charge in [-0.1, -0.05) is 13.8 Å². The van der Waals surface area contributed by atoms with Crippen LogP contribution in [-0.2, 0) is 0 Å². The number of halogens is 1. The molecule has 1 unspecified atom stereocenters. The number of benzene rings is 1. The van der Waals surface area contributed by atoms with E-state index in [1.165, 1.54) is 6.07 Å². The fraction of sp³-hybridized carbons (Fsp3) is 0.571. The molecule has 0 aliphatic heterocycles. The first-order valence-corrected chi connectivity index (χ1v) is 6.31. The van der Waals surface area contributed by atoms with Gasteiger partial charge in [0.25, 0.3) is 0 Å². The Morgan fingerprint density at radius 2 is 2.11 bits per heavy atom. The summed E-state index contributed by atoms with van der Waals surface area (Å²) in [4.78, 5) is 0. The van der Waals surface area contributed by atoms with E-state index in [4.69, 9.17) is 4.74 Å². The maximum absolute atomic E-state index is 13.6. The molecule has 18 heavy (non-hydrogen) atoms. The van der Waals surface area contributed by atoms with Gasteiger partial charge in [-0.2, -0.15) is 0 Å². The third kappa shape index (κ3) is 3.88. The van der Waals surface area contributed by atoms with Gasteiger partial charge in [0.2, 0.25) is 0 Å². The van der Waals surface area contributed by atoms with Crippen molar-refractivity contribution in [2.75, 3.05) is 25.1 Å². The molecule has 0 fully saturated rings. The Morgan fingerprint density at radius 3 is 2.61 bits per heavy atom. The van der Waals surface area contributed by atoms with E-state index in [9.17, 15) is 9.50 Å². The summed E-state index contributed by atoms with van der Waals surface area (Å²) in [5, 5.41) is 12.4. The monoisotopic (exact) mass is 255 g/mol. The summed E-state index contributed by atoms with van der Waals surface area (Å²) in [6.45, 7) is 6.99. The summed E-state index contributed by atoms with van der Waals surface area (Å²) in [6.07, 6.45) is 0.857. The number of aliphatic hydroxyl groups is 1. The third-order valence-electron chi connectivity index (χ3n) is 3.19. The maximum atomic E-state index is 13.6. The number of aliphatic hydroxyl groups excluding tert-OH is 1. The van der Waals surface area contributed by atoms with Crippen molar-refractivity contribution in [2.24, 2.45) is 5.41 Å². The van der Waals surface area contributed by atoms with E-state index in [-0.39, 0.29) is 23.6 Å². The molecule has 1 aromatic rings. The number of hydrogen-bond donors (Lipinski definition) is 2. The van der Waals surface area contributed by atoms with Crippen LogP contribution < -0.4 is 10.1 Å². The highest BCUT2D eigenvalue weighted by atomic mass is 19.1. The van der Waals surface area contributed by atoms with Gasteiger partial charge in [-0.05, 0) is 25.5 Å². The Kier molecular flexibility index (Phi) is 5.41. The molecule has 4 heteroatoms. The zero-order chi connectivity index (χ0) is 13.6. The van der Waals surface area contributed by atoms with Crippen LogP contribution in [0.5, 0.6) is 5.75 Å². The average Bonchev–Trinajstić information content (AvgIpc) is 2.39. The second kappa shape index (κ2) is 6.59. The van der Waals surface area contributed by atoms with Gasteiger partial charge in [0, 0.05) is 23.7 Å². The second-order valence-electron chi connectivity index (χ2n) is 4.75. The summed E-state index contributed by atoms with van der Waals surface area (Å²) in [5.41, 5.74) is 0.513. The topological polar surface area (TPSA) is 41.5 Å². The molecule has 1 atom stereocenters. The predicted molar refractivity (Wildman–Crippen MR) is 71.5 cm³/mol. The summed E-state index contributed by atoms with van der Waals surface area (Å²) in [7, 11) is 0. The zero-order valence-electron chi connectivity index (χ0n) is 11.3. The fourth-order valence-electron chi connectivity index (χ4n) is 1.49. The Labute approximate surface area is 108 Å². The molecule has 2 N–H and O–H groups in total. The van der Waals surface area contributed by atoms with Crippen molar-refractivity contribution in [2.45, 2.75) is 27.2 Å². The molecular weight excluding hydrogens is 233 g/mol. The lowest BCUT2D eigenvalue weighted by atomic mass is 9.88. The Bertz CT molecular complexity index is 378.